The number of carboxylic acid groups (broad SMARTS) is 1. The Morgan fingerprint density at radius 3 is 2.50 bits per heavy atom. The van der Waals surface area contributed by atoms with Crippen LogP contribution in [-0.4, -0.2) is 26.6 Å². The summed E-state index contributed by atoms with van der Waals surface area (Å²) in [5, 5.41) is 22.7. The molecule has 0 saturated carbocycles. The van der Waals surface area contributed by atoms with E-state index in [1.54, 1.807) is 10.8 Å². The van der Waals surface area contributed by atoms with Crippen LogP contribution in [0.3, 0.4) is 0 Å². The molecule has 6 heteroatoms. The summed E-state index contributed by atoms with van der Waals surface area (Å²) in [5.41, 5.74) is 4.26. The second kappa shape index (κ2) is 5.97. The number of carboxylic acids is 1. The quantitative estimate of drug-likeness (QED) is 0.454. The Labute approximate surface area is 148 Å². The predicted molar refractivity (Wildman–Crippen MR) is 92.9 cm³/mol. The number of rotatable bonds is 4. The first-order valence-corrected chi connectivity index (χ1v) is 8.04. The van der Waals surface area contributed by atoms with Gasteiger partial charge in [0.1, 0.15) is 5.69 Å². The maximum atomic E-state index is 12.7. The Hall–Kier alpha value is -3.72. The van der Waals surface area contributed by atoms with Crippen molar-refractivity contribution in [3.05, 3.63) is 71.4 Å². The van der Waals surface area contributed by atoms with Crippen molar-refractivity contribution in [2.75, 3.05) is 0 Å². The van der Waals surface area contributed by atoms with Gasteiger partial charge in [-0.25, -0.2) is 4.68 Å². The Morgan fingerprint density at radius 2 is 1.81 bits per heavy atom. The maximum absolute atomic E-state index is 12.7. The number of carbonyl (C=O) groups is 2. The van der Waals surface area contributed by atoms with E-state index in [-0.39, 0.29) is 5.69 Å². The standard InChI is InChI=1S/C20H13N3O3/c21-11-16(20(25)26)19(24)17-15-10-12-6-4-5-9-14(12)18(15)23(22-17)13-7-2-1-3-8-13/h1-9,16H,10H2,(H,25,26). The molecule has 0 saturated heterocycles. The minimum atomic E-state index is -1.76. The zero-order chi connectivity index (χ0) is 18.3. The molecular weight excluding hydrogens is 330 g/mol. The number of hydrogen-bond acceptors (Lipinski definition) is 4. The van der Waals surface area contributed by atoms with Crippen molar-refractivity contribution in [1.82, 2.24) is 9.78 Å². The van der Waals surface area contributed by atoms with Crippen LogP contribution in [0, 0.1) is 17.2 Å². The van der Waals surface area contributed by atoms with Crippen molar-refractivity contribution >= 4 is 11.8 Å². The topological polar surface area (TPSA) is 96.0 Å². The van der Waals surface area contributed by atoms with Crippen LogP contribution in [0.4, 0.5) is 0 Å². The molecule has 0 bridgehead atoms. The van der Waals surface area contributed by atoms with Crippen LogP contribution < -0.4 is 0 Å². The molecule has 0 radical (unpaired) electrons. The van der Waals surface area contributed by atoms with Crippen molar-refractivity contribution in [2.24, 2.45) is 5.92 Å². The highest BCUT2D eigenvalue weighted by Crippen LogP contribution is 2.40. The summed E-state index contributed by atoms with van der Waals surface area (Å²) in [6.07, 6.45) is 0.483. The summed E-state index contributed by atoms with van der Waals surface area (Å²) in [6, 6.07) is 18.6. The molecule has 6 nitrogen and oxygen atoms in total. The number of aromatic nitrogens is 2. The lowest BCUT2D eigenvalue weighted by Crippen LogP contribution is -2.23. The predicted octanol–water partition coefficient (Wildman–Crippen LogP) is 2.85. The second-order valence-electron chi connectivity index (χ2n) is 6.02. The monoisotopic (exact) mass is 343 g/mol. The number of carbonyl (C=O) groups excluding carboxylic acids is 1. The third-order valence-electron chi connectivity index (χ3n) is 4.50. The molecule has 1 aliphatic rings. The smallest absolute Gasteiger partial charge is 0.329 e. The fourth-order valence-corrected chi connectivity index (χ4v) is 3.31. The maximum Gasteiger partial charge on any atom is 0.329 e. The molecule has 26 heavy (non-hydrogen) atoms. The van der Waals surface area contributed by atoms with Gasteiger partial charge in [-0.15, -0.1) is 0 Å². The summed E-state index contributed by atoms with van der Waals surface area (Å²) in [5.74, 6) is -4.00. The van der Waals surface area contributed by atoms with Crippen LogP contribution in [0.2, 0.25) is 0 Å². The van der Waals surface area contributed by atoms with Crippen LogP contribution in [0.15, 0.2) is 54.6 Å². The molecule has 1 aromatic heterocycles. The van der Waals surface area contributed by atoms with E-state index in [1.807, 2.05) is 54.6 Å². The molecule has 1 heterocycles. The molecule has 2 aromatic carbocycles. The molecule has 0 aliphatic heterocycles. The van der Waals surface area contributed by atoms with Crippen molar-refractivity contribution in [3.63, 3.8) is 0 Å². The number of nitriles is 1. The van der Waals surface area contributed by atoms with Crippen molar-refractivity contribution in [2.45, 2.75) is 6.42 Å². The van der Waals surface area contributed by atoms with Gasteiger partial charge in [0.2, 0.25) is 11.7 Å². The van der Waals surface area contributed by atoms with Gasteiger partial charge in [0.05, 0.1) is 17.5 Å². The highest BCUT2D eigenvalue weighted by molar-refractivity contribution is 6.11. The first-order chi connectivity index (χ1) is 12.6. The van der Waals surface area contributed by atoms with Crippen molar-refractivity contribution < 1.29 is 14.7 Å². The summed E-state index contributed by atoms with van der Waals surface area (Å²) in [7, 11) is 0. The van der Waals surface area contributed by atoms with E-state index < -0.39 is 17.7 Å². The van der Waals surface area contributed by atoms with E-state index in [0.29, 0.717) is 12.0 Å². The van der Waals surface area contributed by atoms with E-state index >= 15 is 0 Å². The van der Waals surface area contributed by atoms with Gasteiger partial charge in [0.15, 0.2) is 0 Å². The lowest BCUT2D eigenvalue weighted by atomic mass is 9.99. The molecule has 0 spiro atoms. The molecule has 0 fully saturated rings. The van der Waals surface area contributed by atoms with Gasteiger partial charge in [-0.1, -0.05) is 42.5 Å². The molecule has 126 valence electrons. The number of Topliss-reactive ketones (excluding diaryl/α,β-unsaturated/α-hetero) is 1. The van der Waals surface area contributed by atoms with Gasteiger partial charge < -0.3 is 5.11 Å². The van der Waals surface area contributed by atoms with Crippen molar-refractivity contribution in [1.29, 1.82) is 5.26 Å². The molecule has 0 amide bonds. The molecular formula is C20H13N3O3. The normalized spacial score (nSPS) is 12.7. The number of benzene rings is 2. The summed E-state index contributed by atoms with van der Waals surface area (Å²) in [4.78, 5) is 24.0. The molecule has 1 atom stereocenters. The lowest BCUT2D eigenvalue weighted by molar-refractivity contribution is -0.138. The van der Waals surface area contributed by atoms with Crippen LogP contribution in [0.5, 0.6) is 0 Å². The van der Waals surface area contributed by atoms with Crippen molar-refractivity contribution in [3.8, 4) is 23.0 Å². The van der Waals surface area contributed by atoms with Gasteiger partial charge in [-0.05, 0) is 17.7 Å². The minimum absolute atomic E-state index is 0.0500. The summed E-state index contributed by atoms with van der Waals surface area (Å²) >= 11 is 0. The zero-order valence-electron chi connectivity index (χ0n) is 13.6. The first-order valence-electron chi connectivity index (χ1n) is 8.04. The van der Waals surface area contributed by atoms with Gasteiger partial charge in [0, 0.05) is 17.5 Å². The molecule has 1 N–H and O–H groups in total. The van der Waals surface area contributed by atoms with E-state index in [4.69, 9.17) is 5.26 Å². The number of nitrogens with zero attached hydrogens (tertiary/aromatic N) is 3. The third kappa shape index (κ3) is 2.30. The Bertz CT molecular complexity index is 1080. The van der Waals surface area contributed by atoms with E-state index in [9.17, 15) is 14.7 Å². The van der Waals surface area contributed by atoms with Crippen LogP contribution in [0.1, 0.15) is 21.6 Å². The highest BCUT2D eigenvalue weighted by atomic mass is 16.4. The van der Waals surface area contributed by atoms with Gasteiger partial charge in [-0.2, -0.15) is 10.4 Å². The fraction of sp³-hybridized carbons (Fsp3) is 0.100. The van der Waals surface area contributed by atoms with E-state index in [1.165, 1.54) is 0 Å². The van der Waals surface area contributed by atoms with Gasteiger partial charge in [0.25, 0.3) is 0 Å². The molecule has 4 rings (SSSR count). The first kappa shape index (κ1) is 15.8. The average molecular weight is 343 g/mol. The van der Waals surface area contributed by atoms with Crippen LogP contribution in [-0.2, 0) is 11.2 Å². The minimum Gasteiger partial charge on any atom is -0.480 e. The molecule has 1 aliphatic carbocycles. The SMILES string of the molecule is N#CC(C(=O)O)C(=O)c1nn(-c2ccccc2)c2c1Cc1ccccc1-2. The Morgan fingerprint density at radius 1 is 1.12 bits per heavy atom. The summed E-state index contributed by atoms with van der Waals surface area (Å²) in [6.45, 7) is 0. The number of fused-ring (bicyclic) bond motifs is 3. The largest absolute Gasteiger partial charge is 0.480 e. The number of para-hydroxylation sites is 1. The molecule has 3 aromatic rings. The van der Waals surface area contributed by atoms with Crippen LogP contribution >= 0.6 is 0 Å². The molecule has 1 unspecified atom stereocenters. The third-order valence-corrected chi connectivity index (χ3v) is 4.50. The number of hydrogen-bond donors (Lipinski definition) is 1. The average Bonchev–Trinajstić information content (AvgIpc) is 3.20. The Kier molecular flexibility index (Phi) is 3.63. The van der Waals surface area contributed by atoms with Gasteiger partial charge in [-0.3, -0.25) is 9.59 Å². The van der Waals surface area contributed by atoms with Gasteiger partial charge >= 0.3 is 5.97 Å². The van der Waals surface area contributed by atoms with Crippen LogP contribution in [0.25, 0.3) is 16.9 Å². The summed E-state index contributed by atoms with van der Waals surface area (Å²) < 4.78 is 1.66. The number of aliphatic carboxylic acids is 1. The highest BCUT2D eigenvalue weighted by Gasteiger charge is 2.36. The second-order valence-corrected chi connectivity index (χ2v) is 6.02. The number of ketones is 1. The fourth-order valence-electron chi connectivity index (χ4n) is 3.31. The lowest BCUT2D eigenvalue weighted by Gasteiger charge is -2.07. The van der Waals surface area contributed by atoms with E-state index in [0.717, 1.165) is 22.5 Å². The Balaban J connectivity index is 1.95. The zero-order valence-corrected chi connectivity index (χ0v) is 13.6. The van der Waals surface area contributed by atoms with E-state index in [2.05, 4.69) is 5.10 Å².